The zero-order chi connectivity index (χ0) is 22.1. The van der Waals surface area contributed by atoms with Gasteiger partial charge in [-0.2, -0.15) is 10.2 Å². The van der Waals surface area contributed by atoms with Crippen LogP contribution in [0.3, 0.4) is 0 Å². The molecule has 0 saturated carbocycles. The summed E-state index contributed by atoms with van der Waals surface area (Å²) in [6, 6.07) is 17.1. The van der Waals surface area contributed by atoms with Gasteiger partial charge < -0.3 is 13.9 Å². The quantitative estimate of drug-likeness (QED) is 0.430. The van der Waals surface area contributed by atoms with Gasteiger partial charge in [0.1, 0.15) is 11.5 Å². The molecule has 0 saturated heterocycles. The van der Waals surface area contributed by atoms with Crippen LogP contribution >= 0.6 is 0 Å². The Morgan fingerprint density at radius 3 is 1.58 bits per heavy atom. The number of ether oxygens (including phenoxy) is 2. The maximum atomic E-state index is 12.2. The van der Waals surface area contributed by atoms with E-state index in [-0.39, 0.29) is 11.5 Å². The molecule has 158 valence electrons. The lowest BCUT2D eigenvalue weighted by molar-refractivity contribution is 0.0902. The molecule has 2 amide bonds. The van der Waals surface area contributed by atoms with Crippen molar-refractivity contribution in [3.8, 4) is 11.5 Å². The number of hydrogen-bond acceptors (Lipinski definition) is 7. The molecule has 31 heavy (non-hydrogen) atoms. The van der Waals surface area contributed by atoms with Crippen LogP contribution in [0, 0.1) is 0 Å². The Balaban J connectivity index is 1.57. The van der Waals surface area contributed by atoms with Gasteiger partial charge in [0, 0.05) is 11.1 Å². The lowest BCUT2D eigenvalue weighted by Gasteiger charge is -2.03. The molecule has 1 aromatic heterocycles. The van der Waals surface area contributed by atoms with Crippen LogP contribution in [0.5, 0.6) is 11.5 Å². The highest BCUT2D eigenvalue weighted by Crippen LogP contribution is 2.15. The lowest BCUT2D eigenvalue weighted by Crippen LogP contribution is -2.18. The minimum absolute atomic E-state index is 0.0731. The number of nitrogens with zero attached hydrogens (tertiary/aromatic N) is 2. The van der Waals surface area contributed by atoms with Crippen LogP contribution in [0.4, 0.5) is 0 Å². The maximum absolute atomic E-state index is 12.2. The van der Waals surface area contributed by atoms with Crippen molar-refractivity contribution in [2.75, 3.05) is 14.2 Å². The van der Waals surface area contributed by atoms with Gasteiger partial charge in [-0.1, -0.05) is 24.3 Å². The first-order chi connectivity index (χ1) is 15.1. The predicted molar refractivity (Wildman–Crippen MR) is 115 cm³/mol. The minimum atomic E-state index is -0.609. The highest BCUT2D eigenvalue weighted by atomic mass is 16.5. The van der Waals surface area contributed by atoms with Crippen LogP contribution in [-0.4, -0.2) is 38.5 Å². The van der Waals surface area contributed by atoms with Crippen molar-refractivity contribution in [3.63, 3.8) is 0 Å². The fraction of sp³-hybridized carbons (Fsp3) is 0.0909. The van der Waals surface area contributed by atoms with Gasteiger partial charge in [0.25, 0.3) is 0 Å². The predicted octanol–water partition coefficient (Wildman–Crippen LogP) is 2.82. The normalized spacial score (nSPS) is 10.9. The number of carbonyl (C=O) groups is 2. The summed E-state index contributed by atoms with van der Waals surface area (Å²) in [5.41, 5.74) is 6.05. The molecule has 0 fully saturated rings. The molecule has 0 unspecified atom stereocenters. The summed E-state index contributed by atoms with van der Waals surface area (Å²) in [5, 5.41) is 7.76. The number of methoxy groups -OCH3 is 2. The largest absolute Gasteiger partial charge is 0.496 e. The molecular weight excluding hydrogens is 400 g/mol. The molecule has 9 heteroatoms. The van der Waals surface area contributed by atoms with Crippen molar-refractivity contribution >= 4 is 24.2 Å². The lowest BCUT2D eigenvalue weighted by atomic mass is 10.2. The van der Waals surface area contributed by atoms with Gasteiger partial charge >= 0.3 is 11.8 Å². The van der Waals surface area contributed by atoms with E-state index in [0.29, 0.717) is 22.6 Å². The van der Waals surface area contributed by atoms with Gasteiger partial charge in [0.2, 0.25) is 0 Å². The van der Waals surface area contributed by atoms with Gasteiger partial charge in [-0.15, -0.1) is 0 Å². The minimum Gasteiger partial charge on any atom is -0.496 e. The zero-order valence-corrected chi connectivity index (χ0v) is 16.9. The topological polar surface area (TPSA) is 115 Å². The molecular formula is C22H20N4O5. The fourth-order valence-corrected chi connectivity index (χ4v) is 2.56. The highest BCUT2D eigenvalue weighted by molar-refractivity contribution is 5.96. The van der Waals surface area contributed by atoms with Gasteiger partial charge in [-0.25, -0.2) is 10.9 Å². The van der Waals surface area contributed by atoms with Crippen LogP contribution in [-0.2, 0) is 0 Å². The first-order valence-corrected chi connectivity index (χ1v) is 9.15. The Labute approximate surface area is 178 Å². The van der Waals surface area contributed by atoms with Crippen LogP contribution in [0.1, 0.15) is 32.2 Å². The Hall–Kier alpha value is -4.40. The first kappa shape index (κ1) is 21.3. The van der Waals surface area contributed by atoms with Crippen molar-refractivity contribution < 1.29 is 23.5 Å². The van der Waals surface area contributed by atoms with Crippen molar-refractivity contribution in [1.82, 2.24) is 10.9 Å². The van der Waals surface area contributed by atoms with E-state index >= 15 is 0 Å². The molecule has 2 aromatic carbocycles. The van der Waals surface area contributed by atoms with Gasteiger partial charge in [-0.3, -0.25) is 9.59 Å². The monoisotopic (exact) mass is 420 g/mol. The number of amides is 2. The number of para-hydroxylation sites is 2. The molecule has 2 N–H and O–H groups in total. The fourth-order valence-electron chi connectivity index (χ4n) is 2.56. The van der Waals surface area contributed by atoms with Gasteiger partial charge in [0.15, 0.2) is 11.5 Å². The number of hydrazone groups is 2. The van der Waals surface area contributed by atoms with E-state index < -0.39 is 11.8 Å². The molecule has 0 atom stereocenters. The van der Waals surface area contributed by atoms with Crippen LogP contribution < -0.4 is 20.3 Å². The standard InChI is InChI=1S/C22H20N4O5/c1-29-17-9-5-3-7-15(17)13-23-25-21(27)19-11-12-20(31-19)22(28)26-24-14-16-8-4-6-10-18(16)30-2/h3-14H,1-2H3,(H,25,27)(H,26,28)/b23-13+,24-14+. The van der Waals surface area contributed by atoms with Crippen LogP contribution in [0.25, 0.3) is 0 Å². The first-order valence-electron chi connectivity index (χ1n) is 9.15. The number of hydrogen-bond donors (Lipinski definition) is 2. The second-order valence-electron chi connectivity index (χ2n) is 6.05. The van der Waals surface area contributed by atoms with Crippen molar-refractivity contribution in [1.29, 1.82) is 0 Å². The summed E-state index contributed by atoms with van der Waals surface area (Å²) in [5.74, 6) is -0.130. The van der Waals surface area contributed by atoms with Gasteiger partial charge in [-0.05, 0) is 36.4 Å². The summed E-state index contributed by atoms with van der Waals surface area (Å²) in [6.07, 6.45) is 2.89. The summed E-state index contributed by atoms with van der Waals surface area (Å²) in [4.78, 5) is 24.3. The van der Waals surface area contributed by atoms with Crippen molar-refractivity contribution in [2.45, 2.75) is 0 Å². The SMILES string of the molecule is COc1ccccc1/C=N/NC(=O)c1ccc(C(=O)N/N=C/c2ccccc2OC)o1. The van der Waals surface area contributed by atoms with Crippen LogP contribution in [0.15, 0.2) is 75.3 Å². The maximum Gasteiger partial charge on any atom is 0.307 e. The van der Waals surface area contributed by atoms with E-state index in [0.717, 1.165) is 0 Å². The molecule has 0 aliphatic carbocycles. The molecule has 3 rings (SSSR count). The Kier molecular flexibility index (Phi) is 7.15. The van der Waals surface area contributed by atoms with Crippen molar-refractivity contribution in [2.24, 2.45) is 10.2 Å². The molecule has 0 aliphatic heterocycles. The van der Waals surface area contributed by atoms with E-state index in [4.69, 9.17) is 13.9 Å². The zero-order valence-electron chi connectivity index (χ0n) is 16.9. The molecule has 1 heterocycles. The smallest absolute Gasteiger partial charge is 0.307 e. The van der Waals surface area contributed by atoms with Gasteiger partial charge in [0.05, 0.1) is 26.6 Å². The summed E-state index contributed by atoms with van der Waals surface area (Å²) in [6.45, 7) is 0. The number of rotatable bonds is 8. The molecule has 0 spiro atoms. The molecule has 9 nitrogen and oxygen atoms in total. The van der Waals surface area contributed by atoms with E-state index in [9.17, 15) is 9.59 Å². The number of nitrogens with one attached hydrogen (secondary N) is 2. The molecule has 0 bridgehead atoms. The number of furan rings is 1. The molecule has 0 aliphatic rings. The number of benzene rings is 2. The summed E-state index contributed by atoms with van der Waals surface area (Å²) >= 11 is 0. The Morgan fingerprint density at radius 1 is 0.742 bits per heavy atom. The van der Waals surface area contributed by atoms with E-state index in [1.54, 1.807) is 38.5 Å². The second kappa shape index (κ2) is 10.4. The highest BCUT2D eigenvalue weighted by Gasteiger charge is 2.15. The third-order valence-electron chi connectivity index (χ3n) is 4.07. The summed E-state index contributed by atoms with van der Waals surface area (Å²) < 4.78 is 15.7. The summed E-state index contributed by atoms with van der Waals surface area (Å²) in [7, 11) is 3.09. The average Bonchev–Trinajstić information content (AvgIpc) is 3.30. The van der Waals surface area contributed by atoms with E-state index in [1.165, 1.54) is 24.6 Å². The van der Waals surface area contributed by atoms with Crippen molar-refractivity contribution in [3.05, 3.63) is 83.3 Å². The van der Waals surface area contributed by atoms with Crippen LogP contribution in [0.2, 0.25) is 0 Å². The van der Waals surface area contributed by atoms with E-state index in [1.807, 2.05) is 24.3 Å². The molecule has 3 aromatic rings. The van der Waals surface area contributed by atoms with E-state index in [2.05, 4.69) is 21.1 Å². The Bertz CT molecular complexity index is 1030. The molecule has 0 radical (unpaired) electrons. The average molecular weight is 420 g/mol. The Morgan fingerprint density at radius 2 is 1.16 bits per heavy atom. The number of carbonyl (C=O) groups excluding carboxylic acids is 2. The third-order valence-corrected chi connectivity index (χ3v) is 4.07. The second-order valence-corrected chi connectivity index (χ2v) is 6.05. The third kappa shape index (κ3) is 5.57.